The molecular formula is C14H10F2O2. The molecular weight excluding hydrogens is 238 g/mol. The summed E-state index contributed by atoms with van der Waals surface area (Å²) in [5.74, 6) is -1.38. The lowest BCUT2D eigenvalue weighted by atomic mass is 10.1. The van der Waals surface area contributed by atoms with Gasteiger partial charge in [0.15, 0.2) is 11.6 Å². The van der Waals surface area contributed by atoms with E-state index in [4.69, 9.17) is 4.74 Å². The molecule has 0 saturated heterocycles. The van der Waals surface area contributed by atoms with E-state index in [9.17, 15) is 13.6 Å². The molecule has 0 bridgehead atoms. The predicted molar refractivity (Wildman–Crippen MR) is 62.5 cm³/mol. The second kappa shape index (κ2) is 5.40. The van der Waals surface area contributed by atoms with Crippen LogP contribution in [0.15, 0.2) is 42.5 Å². The largest absolute Gasteiger partial charge is 0.486 e. The highest BCUT2D eigenvalue weighted by molar-refractivity contribution is 5.77. The van der Waals surface area contributed by atoms with Crippen LogP contribution in [-0.4, -0.2) is 6.29 Å². The summed E-state index contributed by atoms with van der Waals surface area (Å²) in [6, 6.07) is 9.77. The number of halogens is 2. The van der Waals surface area contributed by atoms with E-state index < -0.39 is 11.6 Å². The van der Waals surface area contributed by atoms with Crippen LogP contribution in [0.1, 0.15) is 15.9 Å². The number of benzene rings is 2. The van der Waals surface area contributed by atoms with E-state index in [1.807, 2.05) is 0 Å². The van der Waals surface area contributed by atoms with Crippen molar-refractivity contribution in [2.45, 2.75) is 6.61 Å². The topological polar surface area (TPSA) is 26.3 Å². The van der Waals surface area contributed by atoms with Crippen LogP contribution in [0.2, 0.25) is 0 Å². The average Bonchev–Trinajstić information content (AvgIpc) is 2.40. The van der Waals surface area contributed by atoms with E-state index in [0.29, 0.717) is 17.4 Å². The van der Waals surface area contributed by atoms with Crippen molar-refractivity contribution in [2.24, 2.45) is 0 Å². The Kier molecular flexibility index (Phi) is 3.67. The lowest BCUT2D eigenvalue weighted by Gasteiger charge is -2.08. The molecule has 0 unspecified atom stereocenters. The maximum atomic E-state index is 13.3. The normalized spacial score (nSPS) is 10.1. The van der Waals surface area contributed by atoms with Crippen LogP contribution < -0.4 is 4.74 Å². The van der Waals surface area contributed by atoms with Gasteiger partial charge in [-0.05, 0) is 17.7 Å². The van der Waals surface area contributed by atoms with Gasteiger partial charge in [-0.2, -0.15) is 0 Å². The van der Waals surface area contributed by atoms with Gasteiger partial charge in [0.1, 0.15) is 18.7 Å². The third-order valence-electron chi connectivity index (χ3n) is 2.46. The third-order valence-corrected chi connectivity index (χ3v) is 2.46. The molecule has 0 spiro atoms. The molecule has 0 saturated carbocycles. The monoisotopic (exact) mass is 248 g/mol. The van der Waals surface area contributed by atoms with Crippen LogP contribution in [-0.2, 0) is 6.61 Å². The number of carbonyl (C=O) groups is 1. The fourth-order valence-corrected chi connectivity index (χ4v) is 1.52. The third kappa shape index (κ3) is 2.71. The highest BCUT2D eigenvalue weighted by Crippen LogP contribution is 2.20. The summed E-state index contributed by atoms with van der Waals surface area (Å²) < 4.78 is 31.4. The Morgan fingerprint density at radius 2 is 1.89 bits per heavy atom. The van der Waals surface area contributed by atoms with Crippen molar-refractivity contribution < 1.29 is 18.3 Å². The Morgan fingerprint density at radius 1 is 1.11 bits per heavy atom. The molecule has 0 amide bonds. The predicted octanol–water partition coefficient (Wildman–Crippen LogP) is 3.36. The standard InChI is InChI=1S/C14H10F2O2/c15-12-5-6-13(16)14(7-12)18-9-11-4-2-1-3-10(11)8-17/h1-8H,9H2. The molecule has 0 fully saturated rings. The van der Waals surface area contributed by atoms with Crippen molar-refractivity contribution in [3.63, 3.8) is 0 Å². The summed E-state index contributed by atoms with van der Waals surface area (Å²) in [6.45, 7) is 0.00921. The molecule has 0 atom stereocenters. The Morgan fingerprint density at radius 3 is 2.67 bits per heavy atom. The summed E-state index contributed by atoms with van der Waals surface area (Å²) in [4.78, 5) is 10.8. The van der Waals surface area contributed by atoms with Crippen LogP contribution in [0.5, 0.6) is 5.75 Å². The first-order valence-electron chi connectivity index (χ1n) is 5.31. The minimum atomic E-state index is -0.639. The average molecular weight is 248 g/mol. The zero-order valence-corrected chi connectivity index (χ0v) is 9.40. The van der Waals surface area contributed by atoms with Gasteiger partial charge in [0.2, 0.25) is 0 Å². The fourth-order valence-electron chi connectivity index (χ4n) is 1.52. The number of aldehydes is 1. The fraction of sp³-hybridized carbons (Fsp3) is 0.0714. The molecule has 2 nitrogen and oxygen atoms in total. The van der Waals surface area contributed by atoms with Crippen molar-refractivity contribution in [3.8, 4) is 5.75 Å². The molecule has 0 aliphatic heterocycles. The van der Waals surface area contributed by atoms with Crippen molar-refractivity contribution >= 4 is 6.29 Å². The molecule has 0 N–H and O–H groups in total. The van der Waals surface area contributed by atoms with Gasteiger partial charge in [0.25, 0.3) is 0 Å². The van der Waals surface area contributed by atoms with Crippen molar-refractivity contribution in [1.29, 1.82) is 0 Å². The summed E-state index contributed by atoms with van der Waals surface area (Å²) >= 11 is 0. The highest BCUT2D eigenvalue weighted by Gasteiger charge is 2.07. The van der Waals surface area contributed by atoms with E-state index in [-0.39, 0.29) is 12.4 Å². The zero-order valence-electron chi connectivity index (χ0n) is 9.40. The van der Waals surface area contributed by atoms with Gasteiger partial charge in [-0.15, -0.1) is 0 Å². The summed E-state index contributed by atoms with van der Waals surface area (Å²) in [5.41, 5.74) is 1.09. The maximum absolute atomic E-state index is 13.3. The van der Waals surface area contributed by atoms with E-state index >= 15 is 0 Å². The molecule has 18 heavy (non-hydrogen) atoms. The molecule has 2 aromatic rings. The quantitative estimate of drug-likeness (QED) is 0.775. The minimum Gasteiger partial charge on any atom is -0.486 e. The van der Waals surface area contributed by atoms with Gasteiger partial charge in [-0.3, -0.25) is 4.79 Å². The van der Waals surface area contributed by atoms with Gasteiger partial charge in [0.05, 0.1) is 0 Å². The number of ether oxygens (including phenoxy) is 1. The van der Waals surface area contributed by atoms with E-state index in [2.05, 4.69) is 0 Å². The van der Waals surface area contributed by atoms with Crippen molar-refractivity contribution in [1.82, 2.24) is 0 Å². The molecule has 4 heteroatoms. The van der Waals surface area contributed by atoms with Crippen LogP contribution in [0.4, 0.5) is 8.78 Å². The second-order valence-corrected chi connectivity index (χ2v) is 3.68. The summed E-state index contributed by atoms with van der Waals surface area (Å²) in [5, 5.41) is 0. The van der Waals surface area contributed by atoms with Crippen LogP contribution in [0.3, 0.4) is 0 Å². The number of hydrogen-bond acceptors (Lipinski definition) is 2. The lowest BCUT2D eigenvalue weighted by molar-refractivity contribution is 0.112. The molecule has 92 valence electrons. The van der Waals surface area contributed by atoms with Crippen molar-refractivity contribution in [2.75, 3.05) is 0 Å². The first-order chi connectivity index (χ1) is 8.70. The summed E-state index contributed by atoms with van der Waals surface area (Å²) in [7, 11) is 0. The Labute approximate surface area is 103 Å². The lowest BCUT2D eigenvalue weighted by Crippen LogP contribution is -2.01. The van der Waals surface area contributed by atoms with E-state index in [1.54, 1.807) is 24.3 Å². The van der Waals surface area contributed by atoms with E-state index in [0.717, 1.165) is 18.2 Å². The molecule has 0 aromatic heterocycles. The van der Waals surface area contributed by atoms with Crippen molar-refractivity contribution in [3.05, 3.63) is 65.2 Å². The van der Waals surface area contributed by atoms with Gasteiger partial charge >= 0.3 is 0 Å². The SMILES string of the molecule is O=Cc1ccccc1COc1cc(F)ccc1F. The Hall–Kier alpha value is -2.23. The smallest absolute Gasteiger partial charge is 0.165 e. The first kappa shape index (κ1) is 12.2. The minimum absolute atomic E-state index is 0.00921. The maximum Gasteiger partial charge on any atom is 0.165 e. The first-order valence-corrected chi connectivity index (χ1v) is 5.31. The molecule has 0 heterocycles. The molecule has 0 radical (unpaired) electrons. The second-order valence-electron chi connectivity index (χ2n) is 3.68. The van der Waals surface area contributed by atoms with Crippen LogP contribution >= 0.6 is 0 Å². The number of rotatable bonds is 4. The Bertz CT molecular complexity index is 567. The van der Waals surface area contributed by atoms with E-state index in [1.165, 1.54) is 0 Å². The molecule has 0 aliphatic carbocycles. The Balaban J connectivity index is 2.16. The zero-order chi connectivity index (χ0) is 13.0. The van der Waals surface area contributed by atoms with Crippen LogP contribution in [0, 0.1) is 11.6 Å². The number of carbonyl (C=O) groups excluding carboxylic acids is 1. The molecule has 0 aliphatic rings. The summed E-state index contributed by atoms with van der Waals surface area (Å²) in [6.07, 6.45) is 0.695. The highest BCUT2D eigenvalue weighted by atomic mass is 19.1. The van der Waals surface area contributed by atoms with Gasteiger partial charge in [-0.25, -0.2) is 8.78 Å². The van der Waals surface area contributed by atoms with Gasteiger partial charge < -0.3 is 4.74 Å². The number of hydrogen-bond donors (Lipinski definition) is 0. The molecule has 2 aromatic carbocycles. The van der Waals surface area contributed by atoms with Crippen LogP contribution in [0.25, 0.3) is 0 Å². The van der Waals surface area contributed by atoms with Gasteiger partial charge in [0, 0.05) is 11.6 Å². The molecule has 2 rings (SSSR count). The van der Waals surface area contributed by atoms with Gasteiger partial charge in [-0.1, -0.05) is 24.3 Å².